The van der Waals surface area contributed by atoms with E-state index in [1.165, 1.54) is 0 Å². The summed E-state index contributed by atoms with van der Waals surface area (Å²) in [6.07, 6.45) is 0.429. The van der Waals surface area contributed by atoms with Crippen LogP contribution < -0.4 is 5.32 Å². The lowest BCUT2D eigenvalue weighted by molar-refractivity contribution is -0.137. The minimum absolute atomic E-state index is 0.108. The molecule has 1 unspecified atom stereocenters. The average molecular weight is 221 g/mol. The molecule has 0 saturated heterocycles. The van der Waals surface area contributed by atoms with Crippen molar-refractivity contribution in [1.82, 2.24) is 5.32 Å². The largest absolute Gasteiger partial charge is 0.481 e. The van der Waals surface area contributed by atoms with E-state index in [2.05, 4.69) is 5.32 Å². The van der Waals surface area contributed by atoms with Gasteiger partial charge >= 0.3 is 5.97 Å². The van der Waals surface area contributed by atoms with Crippen molar-refractivity contribution in [3.05, 3.63) is 34.9 Å². The number of rotatable bonds is 5. The second-order valence-electron chi connectivity index (χ2n) is 3.80. The normalized spacial score (nSPS) is 11.9. The van der Waals surface area contributed by atoms with Gasteiger partial charge in [0.2, 0.25) is 6.41 Å². The van der Waals surface area contributed by atoms with Crippen molar-refractivity contribution in [3.63, 3.8) is 0 Å². The molecule has 4 nitrogen and oxygen atoms in total. The molecule has 0 aliphatic carbocycles. The molecule has 0 fully saturated rings. The molecule has 16 heavy (non-hydrogen) atoms. The zero-order valence-electron chi connectivity index (χ0n) is 9.36. The van der Waals surface area contributed by atoms with Crippen molar-refractivity contribution in [2.24, 2.45) is 0 Å². The van der Waals surface area contributed by atoms with Crippen LogP contribution in [0.25, 0.3) is 0 Å². The minimum Gasteiger partial charge on any atom is -0.481 e. The summed E-state index contributed by atoms with van der Waals surface area (Å²) in [5.74, 6) is -0.930. The number of carboxylic acid groups (broad SMARTS) is 1. The van der Waals surface area contributed by atoms with Crippen LogP contribution in [-0.4, -0.2) is 17.5 Å². The van der Waals surface area contributed by atoms with E-state index in [1.807, 2.05) is 32.0 Å². The Morgan fingerprint density at radius 3 is 2.75 bits per heavy atom. The standard InChI is InChI=1S/C12H15NO3/c1-8-3-4-9(2)10(5-8)11(13-7-14)6-12(15)16/h3-5,7,11H,6H2,1-2H3,(H,13,14)(H,15,16). The molecule has 0 heterocycles. The predicted octanol–water partition coefficient (Wildman–Crippen LogP) is 1.57. The van der Waals surface area contributed by atoms with Crippen LogP contribution in [0.15, 0.2) is 18.2 Å². The summed E-state index contributed by atoms with van der Waals surface area (Å²) in [7, 11) is 0. The Balaban J connectivity index is 3.03. The summed E-state index contributed by atoms with van der Waals surface area (Å²) >= 11 is 0. The van der Waals surface area contributed by atoms with Gasteiger partial charge in [-0.25, -0.2) is 0 Å². The first-order chi connectivity index (χ1) is 7.54. The number of carbonyl (C=O) groups excluding carboxylic acids is 1. The van der Waals surface area contributed by atoms with Gasteiger partial charge in [-0.2, -0.15) is 0 Å². The fourth-order valence-corrected chi connectivity index (χ4v) is 1.65. The maximum atomic E-state index is 10.7. The number of aryl methyl sites for hydroxylation is 2. The number of amides is 1. The topological polar surface area (TPSA) is 66.4 Å². The molecule has 4 heteroatoms. The summed E-state index contributed by atoms with van der Waals surface area (Å²) in [6, 6.07) is 5.32. The number of benzene rings is 1. The zero-order valence-corrected chi connectivity index (χ0v) is 9.36. The van der Waals surface area contributed by atoms with Gasteiger partial charge < -0.3 is 10.4 Å². The molecule has 0 spiro atoms. The summed E-state index contributed by atoms with van der Waals surface area (Å²) in [4.78, 5) is 21.2. The van der Waals surface area contributed by atoms with Crippen LogP contribution in [0, 0.1) is 13.8 Å². The molecular weight excluding hydrogens is 206 g/mol. The third-order valence-electron chi connectivity index (χ3n) is 2.46. The Morgan fingerprint density at radius 1 is 1.50 bits per heavy atom. The average Bonchev–Trinajstić information content (AvgIpc) is 2.20. The number of aliphatic carboxylic acids is 1. The smallest absolute Gasteiger partial charge is 0.305 e. The lowest BCUT2D eigenvalue weighted by Gasteiger charge is -2.17. The molecule has 0 aliphatic heterocycles. The van der Waals surface area contributed by atoms with Crippen LogP contribution in [0.5, 0.6) is 0 Å². The molecule has 2 N–H and O–H groups in total. The molecule has 0 aromatic heterocycles. The molecule has 1 atom stereocenters. The van der Waals surface area contributed by atoms with Gasteiger partial charge in [0, 0.05) is 0 Å². The van der Waals surface area contributed by atoms with E-state index in [0.717, 1.165) is 16.7 Å². The van der Waals surface area contributed by atoms with Crippen LogP contribution >= 0.6 is 0 Å². The van der Waals surface area contributed by atoms with Gasteiger partial charge in [0.15, 0.2) is 0 Å². The number of carbonyl (C=O) groups is 2. The number of hydrogen-bond acceptors (Lipinski definition) is 2. The highest BCUT2D eigenvalue weighted by molar-refractivity contribution is 5.69. The van der Waals surface area contributed by atoms with E-state index in [4.69, 9.17) is 5.11 Å². The molecule has 1 rings (SSSR count). The summed E-state index contributed by atoms with van der Waals surface area (Å²) in [6.45, 7) is 3.83. The molecule has 1 amide bonds. The fraction of sp³-hybridized carbons (Fsp3) is 0.333. The van der Waals surface area contributed by atoms with E-state index in [1.54, 1.807) is 0 Å². The Morgan fingerprint density at radius 2 is 2.19 bits per heavy atom. The van der Waals surface area contributed by atoms with Gasteiger partial charge in [-0.1, -0.05) is 23.8 Å². The second-order valence-corrected chi connectivity index (χ2v) is 3.80. The van der Waals surface area contributed by atoms with Crippen molar-refractivity contribution >= 4 is 12.4 Å². The van der Waals surface area contributed by atoms with E-state index in [9.17, 15) is 9.59 Å². The maximum absolute atomic E-state index is 10.7. The van der Waals surface area contributed by atoms with Gasteiger partial charge in [0.1, 0.15) is 0 Å². The van der Waals surface area contributed by atoms with E-state index < -0.39 is 12.0 Å². The Labute approximate surface area is 94.3 Å². The van der Waals surface area contributed by atoms with Crippen molar-refractivity contribution in [2.75, 3.05) is 0 Å². The minimum atomic E-state index is -0.930. The molecule has 0 saturated carbocycles. The van der Waals surface area contributed by atoms with Gasteiger partial charge in [-0.3, -0.25) is 9.59 Å². The van der Waals surface area contributed by atoms with E-state index in [0.29, 0.717) is 6.41 Å². The summed E-state index contributed by atoms with van der Waals surface area (Å²) < 4.78 is 0. The highest BCUT2D eigenvalue weighted by atomic mass is 16.4. The van der Waals surface area contributed by atoms with Gasteiger partial charge in [0.05, 0.1) is 12.5 Å². The lowest BCUT2D eigenvalue weighted by atomic mass is 9.97. The zero-order chi connectivity index (χ0) is 12.1. The maximum Gasteiger partial charge on any atom is 0.305 e. The van der Waals surface area contributed by atoms with Crippen molar-refractivity contribution < 1.29 is 14.7 Å². The molecule has 1 aromatic rings. The van der Waals surface area contributed by atoms with Crippen molar-refractivity contribution in [2.45, 2.75) is 26.3 Å². The Hall–Kier alpha value is -1.84. The first-order valence-corrected chi connectivity index (χ1v) is 5.03. The van der Waals surface area contributed by atoms with Gasteiger partial charge in [-0.15, -0.1) is 0 Å². The second kappa shape index (κ2) is 5.30. The predicted molar refractivity (Wildman–Crippen MR) is 60.1 cm³/mol. The number of hydrogen-bond donors (Lipinski definition) is 2. The van der Waals surface area contributed by atoms with Crippen LogP contribution in [0.1, 0.15) is 29.2 Å². The molecular formula is C12H15NO3. The summed E-state index contributed by atoms with van der Waals surface area (Å²) in [5, 5.41) is 11.3. The van der Waals surface area contributed by atoms with Crippen LogP contribution in [0.2, 0.25) is 0 Å². The Bertz CT molecular complexity index is 401. The third kappa shape index (κ3) is 3.08. The number of nitrogens with one attached hydrogen (secondary N) is 1. The fourth-order valence-electron chi connectivity index (χ4n) is 1.65. The van der Waals surface area contributed by atoms with E-state index in [-0.39, 0.29) is 6.42 Å². The summed E-state index contributed by atoms with van der Waals surface area (Å²) in [5.41, 5.74) is 2.88. The quantitative estimate of drug-likeness (QED) is 0.741. The van der Waals surface area contributed by atoms with Crippen molar-refractivity contribution in [1.29, 1.82) is 0 Å². The first-order valence-electron chi connectivity index (χ1n) is 5.03. The van der Waals surface area contributed by atoms with Crippen LogP contribution in [0.3, 0.4) is 0 Å². The Kier molecular flexibility index (Phi) is 4.05. The monoisotopic (exact) mass is 221 g/mol. The molecule has 0 radical (unpaired) electrons. The van der Waals surface area contributed by atoms with Gasteiger partial charge in [0.25, 0.3) is 0 Å². The molecule has 0 bridgehead atoms. The molecule has 0 aliphatic rings. The highest BCUT2D eigenvalue weighted by Gasteiger charge is 2.16. The lowest BCUT2D eigenvalue weighted by Crippen LogP contribution is -2.23. The van der Waals surface area contributed by atoms with Crippen LogP contribution in [0.4, 0.5) is 0 Å². The van der Waals surface area contributed by atoms with Gasteiger partial charge in [-0.05, 0) is 25.0 Å². The first kappa shape index (κ1) is 12.2. The SMILES string of the molecule is Cc1ccc(C)c(C(CC(=O)O)NC=O)c1. The van der Waals surface area contributed by atoms with E-state index >= 15 is 0 Å². The third-order valence-corrected chi connectivity index (χ3v) is 2.46. The van der Waals surface area contributed by atoms with Crippen LogP contribution in [-0.2, 0) is 9.59 Å². The number of carboxylic acids is 1. The molecule has 1 aromatic carbocycles. The molecule has 86 valence electrons. The highest BCUT2D eigenvalue weighted by Crippen LogP contribution is 2.21. The van der Waals surface area contributed by atoms with Crippen molar-refractivity contribution in [3.8, 4) is 0 Å².